The van der Waals surface area contributed by atoms with Crippen LogP contribution >= 0.6 is 0 Å². The van der Waals surface area contributed by atoms with Gasteiger partial charge in [0.05, 0.1) is 22.8 Å². The minimum Gasteiger partial charge on any atom is -0.452 e. The van der Waals surface area contributed by atoms with Crippen molar-refractivity contribution in [3.05, 3.63) is 108 Å². The van der Waals surface area contributed by atoms with Crippen LogP contribution in [0.25, 0.3) is 0 Å². The highest BCUT2D eigenvalue weighted by Crippen LogP contribution is 2.29. The van der Waals surface area contributed by atoms with Gasteiger partial charge in [0.15, 0.2) is 24.6 Å². The highest BCUT2D eigenvalue weighted by atomic mass is 16.7. The SMILES string of the molecule is C[C@@H]1O[C@H](O)C(OC(=O)c2ccccc2)C(OC(=O)c2ccccc2)[C@@H]1OC(=O)c1ccccc1. The number of aliphatic hydroxyl groups is 1. The van der Waals surface area contributed by atoms with Crippen molar-refractivity contribution < 1.29 is 38.4 Å². The van der Waals surface area contributed by atoms with Gasteiger partial charge in [-0.05, 0) is 43.3 Å². The van der Waals surface area contributed by atoms with Crippen LogP contribution in [0, 0.1) is 0 Å². The number of aliphatic hydroxyl groups excluding tert-OH is 1. The van der Waals surface area contributed by atoms with E-state index < -0.39 is 48.6 Å². The molecule has 4 rings (SSSR count). The third-order valence-electron chi connectivity index (χ3n) is 5.50. The third-order valence-corrected chi connectivity index (χ3v) is 5.50. The number of esters is 3. The molecule has 0 saturated carbocycles. The van der Waals surface area contributed by atoms with Gasteiger partial charge in [0.25, 0.3) is 0 Å². The maximum Gasteiger partial charge on any atom is 0.338 e. The number of benzene rings is 3. The van der Waals surface area contributed by atoms with Gasteiger partial charge in [0.1, 0.15) is 0 Å². The summed E-state index contributed by atoms with van der Waals surface area (Å²) in [6, 6.07) is 24.6. The zero-order valence-corrected chi connectivity index (χ0v) is 18.9. The molecule has 1 saturated heterocycles. The summed E-state index contributed by atoms with van der Waals surface area (Å²) in [5, 5.41) is 10.6. The predicted molar refractivity (Wildman–Crippen MR) is 123 cm³/mol. The fourth-order valence-corrected chi connectivity index (χ4v) is 3.71. The highest BCUT2D eigenvalue weighted by Gasteiger charge is 2.50. The van der Waals surface area contributed by atoms with Crippen LogP contribution < -0.4 is 0 Å². The normalized spacial score (nSPS) is 23.7. The van der Waals surface area contributed by atoms with Gasteiger partial charge in [-0.25, -0.2) is 14.4 Å². The molecule has 3 aromatic rings. The Morgan fingerprint density at radius 1 is 0.600 bits per heavy atom. The van der Waals surface area contributed by atoms with Gasteiger partial charge in [0.2, 0.25) is 0 Å². The van der Waals surface area contributed by atoms with Crippen molar-refractivity contribution in [2.45, 2.75) is 37.6 Å². The minimum atomic E-state index is -1.63. The Morgan fingerprint density at radius 3 is 1.34 bits per heavy atom. The van der Waals surface area contributed by atoms with E-state index in [1.54, 1.807) is 97.9 Å². The van der Waals surface area contributed by atoms with Crippen molar-refractivity contribution in [2.24, 2.45) is 0 Å². The Kier molecular flexibility index (Phi) is 7.54. The van der Waals surface area contributed by atoms with Crippen molar-refractivity contribution >= 4 is 17.9 Å². The molecule has 0 bridgehead atoms. The first-order valence-electron chi connectivity index (χ1n) is 11.1. The van der Waals surface area contributed by atoms with Crippen LogP contribution in [0.2, 0.25) is 0 Å². The van der Waals surface area contributed by atoms with E-state index in [4.69, 9.17) is 18.9 Å². The van der Waals surface area contributed by atoms with E-state index in [0.29, 0.717) is 0 Å². The van der Waals surface area contributed by atoms with Gasteiger partial charge < -0.3 is 24.1 Å². The van der Waals surface area contributed by atoms with E-state index >= 15 is 0 Å². The Morgan fingerprint density at radius 2 is 0.943 bits per heavy atom. The van der Waals surface area contributed by atoms with Gasteiger partial charge >= 0.3 is 17.9 Å². The predicted octanol–water partition coefficient (Wildman–Crippen LogP) is 3.40. The van der Waals surface area contributed by atoms with Gasteiger partial charge in [-0.2, -0.15) is 0 Å². The first-order valence-corrected chi connectivity index (χ1v) is 11.1. The summed E-state index contributed by atoms with van der Waals surface area (Å²) in [5.74, 6) is -2.18. The average Bonchev–Trinajstić information content (AvgIpc) is 2.89. The number of ether oxygens (including phenoxy) is 4. The summed E-state index contributed by atoms with van der Waals surface area (Å²) < 4.78 is 22.4. The molecule has 35 heavy (non-hydrogen) atoms. The van der Waals surface area contributed by atoms with E-state index in [1.165, 1.54) is 0 Å². The van der Waals surface area contributed by atoms with Crippen LogP contribution in [0.4, 0.5) is 0 Å². The second kappa shape index (κ2) is 10.9. The number of carbonyl (C=O) groups is 3. The molecular weight excluding hydrogens is 452 g/mol. The lowest BCUT2D eigenvalue weighted by Gasteiger charge is -2.42. The molecule has 1 fully saturated rings. The minimum absolute atomic E-state index is 0.226. The van der Waals surface area contributed by atoms with Crippen molar-refractivity contribution in [1.82, 2.24) is 0 Å². The average molecular weight is 476 g/mol. The summed E-state index contributed by atoms with van der Waals surface area (Å²) in [7, 11) is 0. The van der Waals surface area contributed by atoms with Gasteiger partial charge in [-0.15, -0.1) is 0 Å². The van der Waals surface area contributed by atoms with Crippen molar-refractivity contribution in [1.29, 1.82) is 0 Å². The fraction of sp³-hybridized carbons (Fsp3) is 0.222. The molecule has 1 aliphatic rings. The Hall–Kier alpha value is -4.01. The first kappa shape index (κ1) is 24.1. The van der Waals surface area contributed by atoms with E-state index in [1.807, 2.05) is 0 Å². The Bertz CT molecular complexity index is 1080. The Labute approximate surface area is 202 Å². The first-order chi connectivity index (χ1) is 16.9. The molecule has 1 N–H and O–H groups in total. The summed E-state index contributed by atoms with van der Waals surface area (Å²) in [5.41, 5.74) is 0.739. The van der Waals surface area contributed by atoms with Crippen LogP contribution in [0.3, 0.4) is 0 Å². The molecule has 0 spiro atoms. The van der Waals surface area contributed by atoms with Gasteiger partial charge in [0, 0.05) is 0 Å². The number of hydrogen-bond acceptors (Lipinski definition) is 8. The standard InChI is InChI=1S/C27H24O8/c1-17-21(33-24(28)18-11-5-2-6-12-18)22(34-25(29)19-13-7-3-8-14-19)23(27(31)32-17)35-26(30)20-15-9-4-10-16-20/h2-17,21-23,27,31H,1H3/t17-,21+,22?,23?,27-/m0/s1. The van der Waals surface area contributed by atoms with E-state index in [2.05, 4.69) is 0 Å². The number of carbonyl (C=O) groups excluding carboxylic acids is 3. The van der Waals surface area contributed by atoms with Crippen LogP contribution in [-0.2, 0) is 18.9 Å². The summed E-state index contributed by atoms with van der Waals surface area (Å²) in [6.45, 7) is 1.56. The van der Waals surface area contributed by atoms with E-state index in [9.17, 15) is 19.5 Å². The quantitative estimate of drug-likeness (QED) is 0.426. The maximum atomic E-state index is 12.9. The molecule has 5 atom stereocenters. The lowest BCUT2D eigenvalue weighted by Crippen LogP contribution is -2.60. The molecule has 2 unspecified atom stereocenters. The molecule has 1 aliphatic heterocycles. The Balaban J connectivity index is 1.63. The van der Waals surface area contributed by atoms with Crippen LogP contribution in [-0.4, -0.2) is 53.7 Å². The summed E-state index contributed by atoms with van der Waals surface area (Å²) in [6.07, 6.45) is -6.48. The van der Waals surface area contributed by atoms with Crippen LogP contribution in [0.15, 0.2) is 91.0 Å². The maximum absolute atomic E-state index is 12.9. The molecule has 0 aliphatic carbocycles. The highest BCUT2D eigenvalue weighted by molar-refractivity contribution is 5.91. The molecule has 0 radical (unpaired) electrons. The molecule has 8 nitrogen and oxygen atoms in total. The molecule has 0 amide bonds. The monoisotopic (exact) mass is 476 g/mol. The fourth-order valence-electron chi connectivity index (χ4n) is 3.71. The second-order valence-corrected chi connectivity index (χ2v) is 7.94. The third kappa shape index (κ3) is 5.74. The van der Waals surface area contributed by atoms with Gasteiger partial charge in [-0.3, -0.25) is 0 Å². The molecule has 8 heteroatoms. The van der Waals surface area contributed by atoms with Crippen molar-refractivity contribution in [2.75, 3.05) is 0 Å². The molecule has 0 aromatic heterocycles. The lowest BCUT2D eigenvalue weighted by molar-refractivity contribution is -0.275. The van der Waals surface area contributed by atoms with Crippen LogP contribution in [0.5, 0.6) is 0 Å². The largest absolute Gasteiger partial charge is 0.452 e. The van der Waals surface area contributed by atoms with Crippen molar-refractivity contribution in [3.8, 4) is 0 Å². The van der Waals surface area contributed by atoms with E-state index in [-0.39, 0.29) is 16.7 Å². The zero-order chi connectivity index (χ0) is 24.8. The molecule has 1 heterocycles. The number of hydrogen-bond donors (Lipinski definition) is 1. The van der Waals surface area contributed by atoms with Crippen molar-refractivity contribution in [3.63, 3.8) is 0 Å². The number of rotatable bonds is 6. The summed E-state index contributed by atoms with van der Waals surface area (Å²) in [4.78, 5) is 38.5. The zero-order valence-electron chi connectivity index (χ0n) is 18.9. The van der Waals surface area contributed by atoms with Crippen LogP contribution in [0.1, 0.15) is 38.0 Å². The topological polar surface area (TPSA) is 108 Å². The van der Waals surface area contributed by atoms with E-state index in [0.717, 1.165) is 0 Å². The second-order valence-electron chi connectivity index (χ2n) is 7.94. The van der Waals surface area contributed by atoms with Gasteiger partial charge in [-0.1, -0.05) is 54.6 Å². The smallest absolute Gasteiger partial charge is 0.338 e. The lowest BCUT2D eigenvalue weighted by atomic mass is 9.98. The molecule has 180 valence electrons. The summed E-state index contributed by atoms with van der Waals surface area (Å²) >= 11 is 0. The molecular formula is C27H24O8. The molecule has 3 aromatic carbocycles.